The molecule has 5 heteroatoms. The highest BCUT2D eigenvalue weighted by Gasteiger charge is 2.07. The Bertz CT molecular complexity index is 906. The van der Waals surface area contributed by atoms with Crippen LogP contribution < -0.4 is 14.8 Å². The van der Waals surface area contributed by atoms with E-state index >= 15 is 0 Å². The lowest BCUT2D eigenvalue weighted by Crippen LogP contribution is -2.28. The van der Waals surface area contributed by atoms with E-state index in [4.69, 9.17) is 9.47 Å². The maximum Gasteiger partial charge on any atom is 0.251 e. The molecule has 1 heterocycles. The van der Waals surface area contributed by atoms with Crippen LogP contribution in [0.4, 0.5) is 0 Å². The van der Waals surface area contributed by atoms with Gasteiger partial charge in [-0.15, -0.1) is 0 Å². The van der Waals surface area contributed by atoms with Crippen LogP contribution in [0.15, 0.2) is 67.0 Å². The van der Waals surface area contributed by atoms with Crippen LogP contribution in [-0.2, 0) is 6.61 Å². The van der Waals surface area contributed by atoms with Gasteiger partial charge < -0.3 is 14.8 Å². The molecule has 0 aliphatic carbocycles. The number of hydrogen-bond donors (Lipinski definition) is 1. The lowest BCUT2D eigenvalue weighted by molar-refractivity contribution is 0.0946. The van der Waals surface area contributed by atoms with Gasteiger partial charge in [0, 0.05) is 23.5 Å². The molecule has 0 atom stereocenters. The van der Waals surface area contributed by atoms with E-state index in [1.807, 2.05) is 44.2 Å². The molecule has 0 saturated heterocycles. The molecule has 0 radical (unpaired) electrons. The summed E-state index contributed by atoms with van der Waals surface area (Å²) in [5.41, 5.74) is 3.83. The van der Waals surface area contributed by atoms with Gasteiger partial charge in [0.25, 0.3) is 5.91 Å². The summed E-state index contributed by atoms with van der Waals surface area (Å²) in [6.07, 6.45) is 3.48. The number of amides is 1. The first-order valence-electron chi connectivity index (χ1n) is 9.21. The van der Waals surface area contributed by atoms with Gasteiger partial charge in [-0.2, -0.15) is 0 Å². The SMILES string of the molecule is Cc1cc(C)cc(OCCNC(=O)c2cccc(OCc3cccnc3)c2)c1. The van der Waals surface area contributed by atoms with Gasteiger partial charge in [0.15, 0.2) is 0 Å². The summed E-state index contributed by atoms with van der Waals surface area (Å²) < 4.78 is 11.5. The topological polar surface area (TPSA) is 60.5 Å². The minimum absolute atomic E-state index is 0.157. The smallest absolute Gasteiger partial charge is 0.251 e. The minimum Gasteiger partial charge on any atom is -0.492 e. The fourth-order valence-corrected chi connectivity index (χ4v) is 2.83. The number of aryl methyl sites for hydroxylation is 2. The number of nitrogens with one attached hydrogen (secondary N) is 1. The van der Waals surface area contributed by atoms with E-state index in [0.717, 1.165) is 22.4 Å². The maximum atomic E-state index is 12.4. The number of pyridine rings is 1. The average molecular weight is 376 g/mol. The molecule has 0 bridgehead atoms. The van der Waals surface area contributed by atoms with E-state index in [1.165, 1.54) is 0 Å². The lowest BCUT2D eigenvalue weighted by atomic mass is 10.1. The Hall–Kier alpha value is -3.34. The number of ether oxygens (including phenoxy) is 2. The molecule has 0 saturated carbocycles. The Labute approximate surface area is 165 Å². The predicted molar refractivity (Wildman–Crippen MR) is 109 cm³/mol. The molecule has 0 unspecified atom stereocenters. The van der Waals surface area contributed by atoms with Gasteiger partial charge >= 0.3 is 0 Å². The second-order valence-electron chi connectivity index (χ2n) is 6.61. The second kappa shape index (κ2) is 9.55. The molecule has 0 spiro atoms. The van der Waals surface area contributed by atoms with Crippen LogP contribution in [-0.4, -0.2) is 24.0 Å². The minimum atomic E-state index is -0.157. The fraction of sp³-hybridized carbons (Fsp3) is 0.217. The summed E-state index contributed by atoms with van der Waals surface area (Å²) in [5, 5.41) is 2.87. The quantitative estimate of drug-likeness (QED) is 0.602. The summed E-state index contributed by atoms with van der Waals surface area (Å²) in [6.45, 7) is 5.30. The molecular formula is C23H24N2O3. The van der Waals surface area contributed by atoms with E-state index in [1.54, 1.807) is 30.6 Å². The highest BCUT2D eigenvalue weighted by molar-refractivity contribution is 5.94. The Balaban J connectivity index is 1.47. The molecule has 3 rings (SSSR count). The standard InChI is InChI=1S/C23H24N2O3/c1-17-11-18(2)13-22(12-17)27-10-9-25-23(26)20-6-3-7-21(14-20)28-16-19-5-4-8-24-15-19/h3-8,11-15H,9-10,16H2,1-2H3,(H,25,26). The van der Waals surface area contributed by atoms with Crippen molar-refractivity contribution >= 4 is 5.91 Å². The van der Waals surface area contributed by atoms with E-state index < -0.39 is 0 Å². The van der Waals surface area contributed by atoms with Crippen molar-refractivity contribution in [2.45, 2.75) is 20.5 Å². The van der Waals surface area contributed by atoms with Crippen molar-refractivity contribution < 1.29 is 14.3 Å². The fourth-order valence-electron chi connectivity index (χ4n) is 2.83. The Kier molecular flexibility index (Phi) is 6.63. The summed E-state index contributed by atoms with van der Waals surface area (Å²) >= 11 is 0. The Morgan fingerprint density at radius 1 is 0.964 bits per heavy atom. The van der Waals surface area contributed by atoms with Crippen LogP contribution in [0, 0.1) is 13.8 Å². The predicted octanol–water partition coefficient (Wildman–Crippen LogP) is 4.09. The van der Waals surface area contributed by atoms with Crippen molar-refractivity contribution in [3.8, 4) is 11.5 Å². The monoisotopic (exact) mass is 376 g/mol. The summed E-state index contributed by atoms with van der Waals surface area (Å²) in [6, 6.07) is 17.0. The highest BCUT2D eigenvalue weighted by Crippen LogP contribution is 2.16. The Morgan fingerprint density at radius 2 is 1.79 bits per heavy atom. The lowest BCUT2D eigenvalue weighted by Gasteiger charge is -2.10. The number of aromatic nitrogens is 1. The summed E-state index contributed by atoms with van der Waals surface area (Å²) in [5.74, 6) is 1.30. The Morgan fingerprint density at radius 3 is 2.54 bits per heavy atom. The zero-order chi connectivity index (χ0) is 19.8. The van der Waals surface area contributed by atoms with Gasteiger partial charge in [-0.05, 0) is 61.4 Å². The number of carbonyl (C=O) groups is 1. The number of benzene rings is 2. The summed E-state index contributed by atoms with van der Waals surface area (Å²) in [7, 11) is 0. The van der Waals surface area contributed by atoms with Crippen molar-refractivity contribution in [3.63, 3.8) is 0 Å². The molecule has 1 aromatic heterocycles. The number of rotatable bonds is 8. The van der Waals surface area contributed by atoms with Gasteiger partial charge in [0.2, 0.25) is 0 Å². The van der Waals surface area contributed by atoms with Crippen LogP contribution in [0.3, 0.4) is 0 Å². The largest absolute Gasteiger partial charge is 0.492 e. The van der Waals surface area contributed by atoms with Gasteiger partial charge in [-0.25, -0.2) is 0 Å². The van der Waals surface area contributed by atoms with Crippen LogP contribution >= 0.6 is 0 Å². The van der Waals surface area contributed by atoms with E-state index in [9.17, 15) is 4.79 Å². The number of carbonyl (C=O) groups excluding carboxylic acids is 1. The third-order valence-corrected chi connectivity index (χ3v) is 4.08. The van der Waals surface area contributed by atoms with E-state index in [0.29, 0.717) is 31.1 Å². The van der Waals surface area contributed by atoms with Crippen molar-refractivity contribution in [2.75, 3.05) is 13.2 Å². The molecule has 1 N–H and O–H groups in total. The second-order valence-corrected chi connectivity index (χ2v) is 6.61. The molecule has 2 aromatic carbocycles. The number of nitrogens with zero attached hydrogens (tertiary/aromatic N) is 1. The van der Waals surface area contributed by atoms with E-state index in [2.05, 4.69) is 16.4 Å². The van der Waals surface area contributed by atoms with Crippen LogP contribution in [0.2, 0.25) is 0 Å². The molecule has 0 aliphatic rings. The van der Waals surface area contributed by atoms with E-state index in [-0.39, 0.29) is 5.91 Å². The normalized spacial score (nSPS) is 10.4. The zero-order valence-electron chi connectivity index (χ0n) is 16.1. The van der Waals surface area contributed by atoms with Crippen molar-refractivity contribution in [3.05, 3.63) is 89.2 Å². The van der Waals surface area contributed by atoms with Crippen molar-refractivity contribution in [2.24, 2.45) is 0 Å². The first-order chi connectivity index (χ1) is 13.6. The van der Waals surface area contributed by atoms with Crippen LogP contribution in [0.1, 0.15) is 27.0 Å². The van der Waals surface area contributed by atoms with Gasteiger partial charge in [-0.3, -0.25) is 9.78 Å². The molecule has 1 amide bonds. The number of hydrogen-bond acceptors (Lipinski definition) is 4. The van der Waals surface area contributed by atoms with Crippen LogP contribution in [0.25, 0.3) is 0 Å². The first-order valence-corrected chi connectivity index (χ1v) is 9.21. The molecule has 3 aromatic rings. The van der Waals surface area contributed by atoms with Gasteiger partial charge in [0.05, 0.1) is 6.54 Å². The van der Waals surface area contributed by atoms with Crippen molar-refractivity contribution in [1.82, 2.24) is 10.3 Å². The third-order valence-electron chi connectivity index (χ3n) is 4.08. The van der Waals surface area contributed by atoms with Crippen molar-refractivity contribution in [1.29, 1.82) is 0 Å². The van der Waals surface area contributed by atoms with Gasteiger partial charge in [0.1, 0.15) is 24.7 Å². The molecular weight excluding hydrogens is 352 g/mol. The maximum absolute atomic E-state index is 12.4. The summed E-state index contributed by atoms with van der Waals surface area (Å²) in [4.78, 5) is 16.4. The van der Waals surface area contributed by atoms with Crippen LogP contribution in [0.5, 0.6) is 11.5 Å². The molecule has 5 nitrogen and oxygen atoms in total. The molecule has 28 heavy (non-hydrogen) atoms. The average Bonchev–Trinajstić information content (AvgIpc) is 2.70. The third kappa shape index (κ3) is 5.84. The zero-order valence-corrected chi connectivity index (χ0v) is 16.1. The molecule has 0 aliphatic heterocycles. The van der Waals surface area contributed by atoms with Gasteiger partial charge in [-0.1, -0.05) is 18.2 Å². The first kappa shape index (κ1) is 19.4. The molecule has 144 valence electrons. The molecule has 0 fully saturated rings. The highest BCUT2D eigenvalue weighted by atomic mass is 16.5.